The Balaban J connectivity index is 1.93. The Morgan fingerprint density at radius 1 is 1.10 bits per heavy atom. The molecular weight excluding hydrogens is 294 g/mol. The zero-order chi connectivity index (χ0) is 14.7. The molecule has 0 aliphatic carbocycles. The predicted molar refractivity (Wildman–Crippen MR) is 98.5 cm³/mol. The Labute approximate surface area is 136 Å². The Morgan fingerprint density at radius 3 is 2.62 bits per heavy atom. The Bertz CT molecular complexity index is 599. The molecule has 0 aromatic heterocycles. The van der Waals surface area contributed by atoms with Crippen LogP contribution in [0.5, 0.6) is 0 Å². The smallest absolute Gasteiger partial charge is 0.0449 e. The second kappa shape index (κ2) is 7.08. The molecule has 1 saturated heterocycles. The largest absolute Gasteiger partial charge is 0.312 e. The van der Waals surface area contributed by atoms with Crippen LogP contribution in [0.25, 0.3) is 10.8 Å². The van der Waals surface area contributed by atoms with Gasteiger partial charge in [-0.15, -0.1) is 0 Å². The molecule has 2 aromatic carbocycles. The molecular formula is C18H23NS2. The summed E-state index contributed by atoms with van der Waals surface area (Å²) in [6.45, 7) is 2.32. The van der Waals surface area contributed by atoms with Gasteiger partial charge in [0.2, 0.25) is 0 Å². The summed E-state index contributed by atoms with van der Waals surface area (Å²) in [6, 6.07) is 16.0. The van der Waals surface area contributed by atoms with Crippen molar-refractivity contribution in [3.63, 3.8) is 0 Å². The highest BCUT2D eigenvalue weighted by molar-refractivity contribution is 8.07. The number of fused-ring (bicyclic) bond motifs is 1. The Hall–Kier alpha value is -0.640. The maximum absolute atomic E-state index is 3.58. The molecule has 112 valence electrons. The van der Waals surface area contributed by atoms with E-state index in [0.717, 1.165) is 5.25 Å². The van der Waals surface area contributed by atoms with Crippen molar-refractivity contribution in [2.45, 2.75) is 29.9 Å². The molecule has 1 aliphatic heterocycles. The van der Waals surface area contributed by atoms with Crippen molar-refractivity contribution in [3.05, 3.63) is 48.0 Å². The third kappa shape index (κ3) is 3.25. The first kappa shape index (κ1) is 15.3. The van der Waals surface area contributed by atoms with Crippen LogP contribution in [-0.2, 0) is 0 Å². The lowest BCUT2D eigenvalue weighted by Gasteiger charge is -2.36. The second-order valence-corrected chi connectivity index (χ2v) is 8.16. The molecule has 0 saturated carbocycles. The minimum absolute atomic E-state index is 0.442. The maximum Gasteiger partial charge on any atom is 0.0449 e. The van der Waals surface area contributed by atoms with E-state index in [1.165, 1.54) is 34.3 Å². The topological polar surface area (TPSA) is 12.0 Å². The summed E-state index contributed by atoms with van der Waals surface area (Å²) in [4.78, 5) is 0. The molecule has 1 fully saturated rings. The molecule has 1 heterocycles. The lowest BCUT2D eigenvalue weighted by atomic mass is 9.97. The molecule has 1 N–H and O–H groups in total. The van der Waals surface area contributed by atoms with Crippen molar-refractivity contribution in [2.75, 3.05) is 18.6 Å². The third-order valence-corrected chi connectivity index (χ3v) is 7.62. The van der Waals surface area contributed by atoms with E-state index in [0.29, 0.717) is 11.3 Å². The first-order valence-electron chi connectivity index (χ1n) is 7.72. The molecule has 1 nitrogen and oxygen atoms in total. The molecule has 1 aliphatic rings. The zero-order valence-electron chi connectivity index (χ0n) is 12.7. The number of rotatable bonds is 4. The summed E-state index contributed by atoms with van der Waals surface area (Å²) in [5.41, 5.74) is 1.43. The molecule has 3 rings (SSSR count). The number of nitrogens with one attached hydrogen (secondary N) is 1. The van der Waals surface area contributed by atoms with E-state index in [2.05, 4.69) is 85.3 Å². The average molecular weight is 318 g/mol. The highest BCUT2D eigenvalue weighted by Gasteiger charge is 2.32. The highest BCUT2D eigenvalue weighted by Crippen LogP contribution is 2.40. The van der Waals surface area contributed by atoms with Crippen molar-refractivity contribution in [1.82, 2.24) is 5.32 Å². The van der Waals surface area contributed by atoms with Crippen molar-refractivity contribution in [3.8, 4) is 0 Å². The van der Waals surface area contributed by atoms with Gasteiger partial charge in [0.1, 0.15) is 0 Å². The molecule has 3 atom stereocenters. The Morgan fingerprint density at radius 2 is 1.86 bits per heavy atom. The standard InChI is InChI=1S/C18H23NS2/c1-3-16-18(21-11-10-20-16)17(19-2)15-9-8-13-6-4-5-7-14(13)12-15/h4-9,12,16-19H,3,10-11H2,1-2H3. The first-order valence-corrected chi connectivity index (χ1v) is 9.82. The SMILES string of the molecule is CCC1SCCSC1C(NC)c1ccc2ccccc2c1. The van der Waals surface area contributed by atoms with Crippen molar-refractivity contribution in [2.24, 2.45) is 0 Å². The van der Waals surface area contributed by atoms with E-state index in [4.69, 9.17) is 0 Å². The summed E-state index contributed by atoms with van der Waals surface area (Å²) in [5.74, 6) is 2.57. The fourth-order valence-corrected chi connectivity index (χ4v) is 6.46. The fourth-order valence-electron chi connectivity index (χ4n) is 3.17. The van der Waals surface area contributed by atoms with Crippen LogP contribution in [0.4, 0.5) is 0 Å². The van der Waals surface area contributed by atoms with Crippen molar-refractivity contribution in [1.29, 1.82) is 0 Å². The quantitative estimate of drug-likeness (QED) is 0.875. The highest BCUT2D eigenvalue weighted by atomic mass is 32.2. The van der Waals surface area contributed by atoms with Crippen molar-refractivity contribution >= 4 is 34.3 Å². The summed E-state index contributed by atoms with van der Waals surface area (Å²) in [5, 5.41) is 7.68. The Kier molecular flexibility index (Phi) is 5.15. The van der Waals surface area contributed by atoms with Gasteiger partial charge in [-0.1, -0.05) is 43.3 Å². The average Bonchev–Trinajstić information content (AvgIpc) is 2.56. The van der Waals surface area contributed by atoms with Crippen LogP contribution in [0, 0.1) is 0 Å². The zero-order valence-corrected chi connectivity index (χ0v) is 14.3. The summed E-state index contributed by atoms with van der Waals surface area (Å²) in [7, 11) is 2.10. The van der Waals surface area contributed by atoms with Crippen LogP contribution in [-0.4, -0.2) is 29.1 Å². The van der Waals surface area contributed by atoms with Crippen LogP contribution in [0.2, 0.25) is 0 Å². The summed E-state index contributed by atoms with van der Waals surface area (Å²) < 4.78 is 0. The van der Waals surface area contributed by atoms with Crippen LogP contribution in [0.15, 0.2) is 42.5 Å². The van der Waals surface area contributed by atoms with Gasteiger partial charge >= 0.3 is 0 Å². The van der Waals surface area contributed by atoms with E-state index in [1.54, 1.807) is 0 Å². The fraction of sp³-hybridized carbons (Fsp3) is 0.444. The van der Waals surface area contributed by atoms with E-state index < -0.39 is 0 Å². The van der Waals surface area contributed by atoms with Crippen molar-refractivity contribution < 1.29 is 0 Å². The van der Waals surface area contributed by atoms with E-state index in [9.17, 15) is 0 Å². The minimum Gasteiger partial charge on any atom is -0.312 e. The number of hydrogen-bond acceptors (Lipinski definition) is 3. The first-order chi connectivity index (χ1) is 10.3. The monoisotopic (exact) mass is 317 g/mol. The predicted octanol–water partition coefficient (Wildman–Crippen LogP) is 4.73. The number of thioether (sulfide) groups is 2. The van der Waals surface area contributed by atoms with E-state index in [1.807, 2.05) is 0 Å². The number of benzene rings is 2. The van der Waals surface area contributed by atoms with Gasteiger partial charge in [0, 0.05) is 28.0 Å². The van der Waals surface area contributed by atoms with Gasteiger partial charge in [0.05, 0.1) is 0 Å². The summed E-state index contributed by atoms with van der Waals surface area (Å²) in [6.07, 6.45) is 1.26. The second-order valence-electron chi connectivity index (χ2n) is 5.53. The third-order valence-electron chi connectivity index (χ3n) is 4.27. The van der Waals surface area contributed by atoms with Gasteiger partial charge in [0.25, 0.3) is 0 Å². The van der Waals surface area contributed by atoms with Gasteiger partial charge in [-0.2, -0.15) is 23.5 Å². The van der Waals surface area contributed by atoms with Gasteiger partial charge in [-0.3, -0.25) is 0 Å². The maximum atomic E-state index is 3.58. The summed E-state index contributed by atoms with van der Waals surface area (Å²) >= 11 is 4.30. The lowest BCUT2D eigenvalue weighted by Crippen LogP contribution is -2.37. The lowest BCUT2D eigenvalue weighted by molar-refractivity contribution is 0.544. The molecule has 21 heavy (non-hydrogen) atoms. The molecule has 0 amide bonds. The molecule has 3 unspecified atom stereocenters. The normalized spacial score (nSPS) is 24.1. The molecule has 2 aromatic rings. The van der Waals surface area contributed by atoms with Gasteiger partial charge in [0.15, 0.2) is 0 Å². The molecule has 0 spiro atoms. The van der Waals surface area contributed by atoms with Gasteiger partial charge in [-0.05, 0) is 35.9 Å². The van der Waals surface area contributed by atoms with Crippen LogP contribution < -0.4 is 5.32 Å². The van der Waals surface area contributed by atoms with Crippen LogP contribution in [0.3, 0.4) is 0 Å². The molecule has 0 radical (unpaired) electrons. The number of hydrogen-bond donors (Lipinski definition) is 1. The van der Waals surface area contributed by atoms with Gasteiger partial charge in [-0.25, -0.2) is 0 Å². The van der Waals surface area contributed by atoms with E-state index >= 15 is 0 Å². The van der Waals surface area contributed by atoms with Gasteiger partial charge < -0.3 is 5.32 Å². The molecule has 0 bridgehead atoms. The van der Waals surface area contributed by atoms with Crippen LogP contribution in [0.1, 0.15) is 24.9 Å². The minimum atomic E-state index is 0.442. The van der Waals surface area contributed by atoms with E-state index in [-0.39, 0.29) is 0 Å². The van der Waals surface area contributed by atoms with Crippen LogP contribution >= 0.6 is 23.5 Å². The molecule has 3 heteroatoms.